The lowest BCUT2D eigenvalue weighted by Crippen LogP contribution is -2.80. The number of aliphatic hydroxyl groups excluding tert-OH is 3. The molecule has 2 bridgehead atoms. The summed E-state index contributed by atoms with van der Waals surface area (Å²) in [5.41, 5.74) is 1.61. The second-order valence-corrected chi connectivity index (χ2v) is 18.1. The second-order valence-electron chi connectivity index (χ2n) is 18.1. The van der Waals surface area contributed by atoms with Gasteiger partial charge < -0.3 is 65.7 Å². The number of nitrogens with two attached hydrogens (primary N) is 1. The molecule has 16 heteroatoms. The number of phenolic OH excluding ortho intramolecular Hbond substituents is 3. The van der Waals surface area contributed by atoms with Crippen molar-refractivity contribution in [3.8, 4) is 23.0 Å². The van der Waals surface area contributed by atoms with Gasteiger partial charge in [-0.05, 0) is 103 Å². The van der Waals surface area contributed by atoms with Crippen LogP contribution in [0.3, 0.4) is 0 Å². The molecule has 4 aliphatic rings. The molecule has 16 nitrogen and oxygen atoms in total. The van der Waals surface area contributed by atoms with E-state index in [1.807, 2.05) is 30.3 Å². The first-order chi connectivity index (χ1) is 31.8. The van der Waals surface area contributed by atoms with E-state index in [-0.39, 0.29) is 73.7 Å². The predicted octanol–water partition coefficient (Wildman–Crippen LogP) is 3.80. The Balaban J connectivity index is 1.28. The summed E-state index contributed by atoms with van der Waals surface area (Å²) in [6, 6.07) is 16.7. The van der Waals surface area contributed by atoms with Gasteiger partial charge in [-0.3, -0.25) is 9.59 Å². The van der Waals surface area contributed by atoms with Crippen LogP contribution < -0.4 is 15.8 Å². The number of rotatable bonds is 20. The number of aryl methyl sites for hydroxylation is 1. The first-order valence-corrected chi connectivity index (χ1v) is 22.8. The quantitative estimate of drug-likeness (QED) is 0.0577. The van der Waals surface area contributed by atoms with Gasteiger partial charge in [-0.1, -0.05) is 61.4 Å². The lowest BCUT2D eigenvalue weighted by molar-refractivity contribution is -0.345. The maximum atomic E-state index is 15.3. The number of benzene rings is 3. The maximum Gasteiger partial charge on any atom is 0.336 e. The molecule has 66 heavy (non-hydrogen) atoms. The molecule has 7 rings (SSSR count). The summed E-state index contributed by atoms with van der Waals surface area (Å²) < 4.78 is 25.8. The van der Waals surface area contributed by atoms with Crippen molar-refractivity contribution in [1.82, 2.24) is 5.32 Å². The molecule has 0 radical (unpaired) electrons. The van der Waals surface area contributed by atoms with Crippen LogP contribution in [0.25, 0.3) is 12.2 Å². The summed E-state index contributed by atoms with van der Waals surface area (Å²) in [6.07, 6.45) is 6.72. The summed E-state index contributed by atoms with van der Waals surface area (Å²) in [5.74, 6) is -6.09. The molecule has 8 unspecified atom stereocenters. The van der Waals surface area contributed by atoms with Crippen molar-refractivity contribution in [2.75, 3.05) is 39.5 Å². The average molecular weight is 915 g/mol. The van der Waals surface area contributed by atoms with Crippen molar-refractivity contribution in [3.63, 3.8) is 0 Å². The van der Waals surface area contributed by atoms with E-state index in [0.29, 0.717) is 18.4 Å². The molecule has 2 aliphatic carbocycles. The largest absolute Gasteiger partial charge is 0.504 e. The van der Waals surface area contributed by atoms with Crippen molar-refractivity contribution in [2.24, 2.45) is 23.5 Å². The van der Waals surface area contributed by atoms with Crippen LogP contribution in [-0.4, -0.2) is 128 Å². The molecule has 0 amide bonds. The van der Waals surface area contributed by atoms with Crippen molar-refractivity contribution in [3.05, 3.63) is 95.1 Å². The third-order valence-corrected chi connectivity index (χ3v) is 14.0. The van der Waals surface area contributed by atoms with Gasteiger partial charge in [0.1, 0.15) is 30.5 Å². The number of aromatic hydroxyl groups is 3. The van der Waals surface area contributed by atoms with E-state index in [9.17, 15) is 45.3 Å². The number of fused-ring (bicyclic) bond motifs is 1. The highest BCUT2D eigenvalue weighted by molar-refractivity contribution is 6.01. The number of aliphatic carboxylic acids is 1. The number of aliphatic hydroxyl groups is 3. The highest BCUT2D eigenvalue weighted by Gasteiger charge is 2.73. The molecular weight excluding hydrogens is 853 g/mol. The number of phenols is 3. The Bertz CT molecular complexity index is 2250. The molecular formula is C50H62N2O14. The maximum absolute atomic E-state index is 15.3. The topological polar surface area (TPSA) is 268 Å². The Hall–Kier alpha value is -5.17. The van der Waals surface area contributed by atoms with Crippen molar-refractivity contribution in [2.45, 2.75) is 99.4 Å². The molecule has 2 saturated carbocycles. The normalized spacial score (nSPS) is 28.9. The molecule has 356 valence electrons. The second kappa shape index (κ2) is 21.2. The van der Waals surface area contributed by atoms with Crippen molar-refractivity contribution >= 4 is 29.7 Å². The first kappa shape index (κ1) is 48.8. The molecule has 2 heterocycles. The zero-order chi connectivity index (χ0) is 47.1. The van der Waals surface area contributed by atoms with Crippen molar-refractivity contribution in [1.29, 1.82) is 0 Å². The Morgan fingerprint density at radius 3 is 2.38 bits per heavy atom. The molecule has 3 aromatic carbocycles. The van der Waals surface area contributed by atoms with Gasteiger partial charge in [0.15, 0.2) is 40.2 Å². The smallest absolute Gasteiger partial charge is 0.336 e. The van der Waals surface area contributed by atoms with Crippen molar-refractivity contribution < 1.29 is 69.1 Å². The summed E-state index contributed by atoms with van der Waals surface area (Å²) in [5, 5.41) is 79.6. The van der Waals surface area contributed by atoms with E-state index in [2.05, 4.69) is 5.32 Å². The number of nitrogens with one attached hydrogen (secondary N) is 1. The summed E-state index contributed by atoms with van der Waals surface area (Å²) in [7, 11) is 0. The summed E-state index contributed by atoms with van der Waals surface area (Å²) in [4.78, 5) is 42.7. The van der Waals surface area contributed by atoms with Gasteiger partial charge in [0.2, 0.25) is 0 Å². The monoisotopic (exact) mass is 914 g/mol. The number of carbonyl (C=O) groups excluding carboxylic acids is 2. The van der Waals surface area contributed by atoms with E-state index >= 15 is 4.79 Å². The molecule has 0 spiro atoms. The van der Waals surface area contributed by atoms with Gasteiger partial charge in [-0.15, -0.1) is 0 Å². The van der Waals surface area contributed by atoms with Crippen LogP contribution in [0.1, 0.15) is 73.6 Å². The molecule has 3 aromatic rings. The fourth-order valence-electron chi connectivity index (χ4n) is 10.6. The van der Waals surface area contributed by atoms with Gasteiger partial charge in [-0.25, -0.2) is 4.79 Å². The number of ether oxygens (including phenoxy) is 4. The van der Waals surface area contributed by atoms with Crippen LogP contribution in [0.4, 0.5) is 0 Å². The summed E-state index contributed by atoms with van der Waals surface area (Å²) >= 11 is 0. The molecule has 0 aromatic heterocycles. The SMILES string of the molecule is NCCOc1ccc(C=CC(=O)COC2(C(=O)O)CC(O)C3OCC(CCc4ccccc4)CC4(C(=O)C=Cc5cc(O)c(O)cc5CO)OC3(CNC3CCCC3)C2CC4CO)cc1O. The van der Waals surface area contributed by atoms with E-state index in [1.54, 1.807) is 6.07 Å². The fraction of sp³-hybridized carbons (Fsp3) is 0.500. The standard InChI is InChI=1S/C50H62N2O14/c51-18-19-63-43-16-13-32(20-41(43)58)12-15-38(55)29-65-49(47(61)62)25-42(59)46-50(30-52-37-8-4-5-9-37)44(49)23-36(27-54)48(66-50,24-33(28-64-46)11-10-31-6-2-1-3-7-31)45(60)17-14-34-21-39(56)40(57)22-35(34)26-53/h1-3,6-7,12-17,20-22,33,36-37,42,44,46,52-54,56-59H,4-5,8-11,18-19,23-30,51H2,(H,61,62). The Labute approximate surface area is 383 Å². The lowest BCUT2D eigenvalue weighted by Gasteiger charge is -2.65. The number of hydrogen-bond donors (Lipinski definition) is 9. The van der Waals surface area contributed by atoms with Gasteiger partial charge >= 0.3 is 5.97 Å². The van der Waals surface area contributed by atoms with Gasteiger partial charge in [0.05, 0.1) is 19.3 Å². The van der Waals surface area contributed by atoms with E-state index in [1.165, 1.54) is 48.6 Å². The van der Waals surface area contributed by atoms with Crippen LogP contribution in [0, 0.1) is 17.8 Å². The van der Waals surface area contributed by atoms with E-state index in [0.717, 1.165) is 31.2 Å². The van der Waals surface area contributed by atoms with Crippen LogP contribution in [0.15, 0.2) is 72.8 Å². The van der Waals surface area contributed by atoms with Gasteiger partial charge in [0, 0.05) is 44.0 Å². The minimum Gasteiger partial charge on any atom is -0.504 e. The number of carbonyl (C=O) groups is 3. The number of hydrogen-bond acceptors (Lipinski definition) is 15. The lowest BCUT2D eigenvalue weighted by atomic mass is 9.55. The zero-order valence-electron chi connectivity index (χ0n) is 36.9. The highest BCUT2D eigenvalue weighted by Crippen LogP contribution is 2.58. The Kier molecular flexibility index (Phi) is 15.7. The average Bonchev–Trinajstić information content (AvgIpc) is 3.84. The van der Waals surface area contributed by atoms with E-state index in [4.69, 9.17) is 24.7 Å². The van der Waals surface area contributed by atoms with Crippen LogP contribution >= 0.6 is 0 Å². The van der Waals surface area contributed by atoms with Crippen LogP contribution in [0.5, 0.6) is 23.0 Å². The number of carboxylic acid groups (broad SMARTS) is 1. The van der Waals surface area contributed by atoms with Crippen LogP contribution in [0.2, 0.25) is 0 Å². The number of ketones is 2. The van der Waals surface area contributed by atoms with Crippen LogP contribution in [-0.2, 0) is 41.6 Å². The molecule has 4 fully saturated rings. The minimum atomic E-state index is -2.27. The highest BCUT2D eigenvalue weighted by atomic mass is 16.6. The first-order valence-electron chi connectivity index (χ1n) is 22.8. The third-order valence-electron chi connectivity index (χ3n) is 14.0. The fourth-order valence-corrected chi connectivity index (χ4v) is 10.6. The zero-order valence-corrected chi connectivity index (χ0v) is 36.9. The molecule has 2 aliphatic heterocycles. The Morgan fingerprint density at radius 2 is 1.68 bits per heavy atom. The summed E-state index contributed by atoms with van der Waals surface area (Å²) in [6.45, 7) is -1.41. The number of carboxylic acids is 1. The predicted molar refractivity (Wildman–Crippen MR) is 241 cm³/mol. The Morgan fingerprint density at radius 1 is 0.924 bits per heavy atom. The third kappa shape index (κ3) is 10.2. The van der Waals surface area contributed by atoms with Gasteiger partial charge in [0.25, 0.3) is 0 Å². The van der Waals surface area contributed by atoms with Gasteiger partial charge in [-0.2, -0.15) is 0 Å². The van der Waals surface area contributed by atoms with E-state index < -0.39 is 96.1 Å². The molecule has 2 saturated heterocycles. The molecule has 8 atom stereocenters. The molecule has 10 N–H and O–H groups in total. The minimum absolute atomic E-state index is 0.0112.